The van der Waals surface area contributed by atoms with Gasteiger partial charge in [0.25, 0.3) is 5.78 Å². The second-order valence-electron chi connectivity index (χ2n) is 4.40. The molecule has 20 heavy (non-hydrogen) atoms. The summed E-state index contributed by atoms with van der Waals surface area (Å²) in [6.07, 6.45) is 1.37. The highest BCUT2D eigenvalue weighted by atomic mass is 35.5. The molecule has 0 fully saturated rings. The smallest absolute Gasteiger partial charge is 0.255 e. The number of rotatable bonds is 2. The van der Waals surface area contributed by atoms with Gasteiger partial charge in [-0.1, -0.05) is 23.7 Å². The van der Waals surface area contributed by atoms with Crippen molar-refractivity contribution >= 4 is 28.9 Å². The van der Waals surface area contributed by atoms with Crippen LogP contribution in [0.3, 0.4) is 0 Å². The van der Waals surface area contributed by atoms with Crippen LogP contribution in [0.5, 0.6) is 0 Å². The minimum absolute atomic E-state index is 0.307. The summed E-state index contributed by atoms with van der Waals surface area (Å²) < 4.78 is 15.4. The maximum atomic E-state index is 13.9. The summed E-state index contributed by atoms with van der Waals surface area (Å²) >= 11 is 6.07. The molecule has 0 spiro atoms. The molecule has 0 aliphatic rings. The Bertz CT molecular complexity index is 779. The van der Waals surface area contributed by atoms with Gasteiger partial charge >= 0.3 is 0 Å². The molecule has 3 rings (SSSR count). The monoisotopic (exact) mass is 291 g/mol. The summed E-state index contributed by atoms with van der Waals surface area (Å²) in [5.74, 6) is 0.563. The summed E-state index contributed by atoms with van der Waals surface area (Å²) in [6.45, 7) is 3.61. The first-order valence-corrected chi connectivity index (χ1v) is 6.33. The highest BCUT2D eigenvalue weighted by Gasteiger charge is 2.14. The van der Waals surface area contributed by atoms with E-state index in [4.69, 9.17) is 11.6 Å². The molecule has 0 saturated carbocycles. The van der Waals surface area contributed by atoms with Gasteiger partial charge in [-0.3, -0.25) is 0 Å². The minimum Gasteiger partial charge on any atom is -0.337 e. The van der Waals surface area contributed by atoms with Crippen molar-refractivity contribution in [2.75, 3.05) is 5.32 Å². The molecule has 5 nitrogen and oxygen atoms in total. The van der Waals surface area contributed by atoms with E-state index in [0.717, 1.165) is 5.56 Å². The van der Waals surface area contributed by atoms with Crippen molar-refractivity contribution in [1.29, 1.82) is 0 Å². The van der Waals surface area contributed by atoms with Gasteiger partial charge in [-0.05, 0) is 25.5 Å². The Labute approximate surface area is 119 Å². The van der Waals surface area contributed by atoms with Crippen molar-refractivity contribution in [3.05, 3.63) is 46.6 Å². The Balaban J connectivity index is 2.20. The normalized spacial score (nSPS) is 11.0. The van der Waals surface area contributed by atoms with Crippen LogP contribution in [0.25, 0.3) is 5.78 Å². The van der Waals surface area contributed by atoms with E-state index in [0.29, 0.717) is 28.0 Å². The molecule has 0 aliphatic heterocycles. The first-order chi connectivity index (χ1) is 9.58. The second-order valence-corrected chi connectivity index (χ2v) is 4.76. The van der Waals surface area contributed by atoms with E-state index in [9.17, 15) is 4.39 Å². The first-order valence-electron chi connectivity index (χ1n) is 5.96. The van der Waals surface area contributed by atoms with Gasteiger partial charge < -0.3 is 5.32 Å². The number of nitrogens with one attached hydrogen (secondary N) is 1. The number of halogens is 2. The van der Waals surface area contributed by atoms with Gasteiger partial charge in [-0.2, -0.15) is 19.6 Å². The fourth-order valence-electron chi connectivity index (χ4n) is 1.95. The van der Waals surface area contributed by atoms with Crippen LogP contribution in [-0.4, -0.2) is 19.6 Å². The predicted molar refractivity (Wildman–Crippen MR) is 74.9 cm³/mol. The Morgan fingerprint density at radius 2 is 2.10 bits per heavy atom. The Morgan fingerprint density at radius 3 is 2.85 bits per heavy atom. The van der Waals surface area contributed by atoms with Crippen LogP contribution in [0.15, 0.2) is 24.5 Å². The second kappa shape index (κ2) is 4.72. The first kappa shape index (κ1) is 12.8. The fourth-order valence-corrected chi connectivity index (χ4v) is 2.12. The zero-order chi connectivity index (χ0) is 14.3. The molecule has 0 bridgehead atoms. The number of hydrogen-bond acceptors (Lipinski definition) is 4. The number of hydrogen-bond donors (Lipinski definition) is 1. The van der Waals surface area contributed by atoms with Crippen molar-refractivity contribution in [2.45, 2.75) is 13.8 Å². The van der Waals surface area contributed by atoms with Crippen LogP contribution in [-0.2, 0) is 0 Å². The van der Waals surface area contributed by atoms with Crippen molar-refractivity contribution < 1.29 is 4.39 Å². The lowest BCUT2D eigenvalue weighted by molar-refractivity contribution is 0.630. The molecule has 102 valence electrons. The standard InChI is InChI=1S/C13H11ClFN5/c1-7-4-3-5-9(15)10(7)18-12-8(2)11(14)19-13-16-6-17-20(12)13/h3-6,18H,1-2H3. The van der Waals surface area contributed by atoms with E-state index < -0.39 is 0 Å². The van der Waals surface area contributed by atoms with Crippen LogP contribution >= 0.6 is 11.6 Å². The Hall–Kier alpha value is -2.21. The SMILES string of the molecule is Cc1cccc(F)c1Nc1c(C)c(Cl)nc2ncnn12. The maximum Gasteiger partial charge on any atom is 0.255 e. The van der Waals surface area contributed by atoms with Gasteiger partial charge in [0.05, 0.1) is 5.69 Å². The quantitative estimate of drug-likeness (QED) is 0.736. The largest absolute Gasteiger partial charge is 0.337 e. The third-order valence-corrected chi connectivity index (χ3v) is 3.44. The number of anilines is 2. The summed E-state index contributed by atoms with van der Waals surface area (Å²) in [5, 5.41) is 7.42. The number of aromatic nitrogens is 4. The third-order valence-electron chi connectivity index (χ3n) is 3.07. The predicted octanol–water partition coefficient (Wildman–Crippen LogP) is 3.28. The van der Waals surface area contributed by atoms with Crippen molar-refractivity contribution in [2.24, 2.45) is 0 Å². The molecule has 0 unspecified atom stereocenters. The molecule has 2 aromatic heterocycles. The van der Waals surface area contributed by atoms with E-state index >= 15 is 0 Å². The van der Waals surface area contributed by atoms with E-state index in [-0.39, 0.29) is 5.82 Å². The van der Waals surface area contributed by atoms with Gasteiger partial charge in [-0.25, -0.2) is 4.39 Å². The van der Waals surface area contributed by atoms with E-state index in [1.807, 2.05) is 13.0 Å². The minimum atomic E-state index is -0.342. The van der Waals surface area contributed by atoms with E-state index in [1.165, 1.54) is 16.9 Å². The van der Waals surface area contributed by atoms with Gasteiger partial charge in [0, 0.05) is 5.56 Å². The highest BCUT2D eigenvalue weighted by molar-refractivity contribution is 6.30. The lowest BCUT2D eigenvalue weighted by Crippen LogP contribution is -2.07. The van der Waals surface area contributed by atoms with Gasteiger partial charge in [0.1, 0.15) is 23.1 Å². The van der Waals surface area contributed by atoms with Gasteiger partial charge in [0.2, 0.25) is 0 Å². The Kier molecular flexibility index (Phi) is 3.02. The lowest BCUT2D eigenvalue weighted by Gasteiger charge is -2.14. The van der Waals surface area contributed by atoms with E-state index in [2.05, 4.69) is 20.4 Å². The van der Waals surface area contributed by atoms with E-state index in [1.54, 1.807) is 13.0 Å². The molecule has 1 aromatic carbocycles. The fraction of sp³-hybridized carbons (Fsp3) is 0.154. The van der Waals surface area contributed by atoms with Crippen LogP contribution < -0.4 is 5.32 Å². The van der Waals surface area contributed by atoms with Crippen LogP contribution in [0.1, 0.15) is 11.1 Å². The zero-order valence-corrected chi connectivity index (χ0v) is 11.6. The molecule has 0 amide bonds. The topological polar surface area (TPSA) is 55.1 Å². The number of para-hydroxylation sites is 1. The molecule has 0 atom stereocenters. The number of aryl methyl sites for hydroxylation is 1. The van der Waals surface area contributed by atoms with Crippen molar-refractivity contribution in [3.63, 3.8) is 0 Å². The summed E-state index contributed by atoms with van der Waals surface area (Å²) in [4.78, 5) is 8.09. The van der Waals surface area contributed by atoms with Crippen molar-refractivity contribution in [3.8, 4) is 0 Å². The molecule has 1 N–H and O–H groups in total. The lowest BCUT2D eigenvalue weighted by atomic mass is 10.2. The van der Waals surface area contributed by atoms with Crippen molar-refractivity contribution in [1.82, 2.24) is 19.6 Å². The molecule has 7 heteroatoms. The molecule has 0 saturated heterocycles. The maximum absolute atomic E-state index is 13.9. The number of nitrogens with zero attached hydrogens (tertiary/aromatic N) is 4. The van der Waals surface area contributed by atoms with Gasteiger partial charge in [0.15, 0.2) is 0 Å². The van der Waals surface area contributed by atoms with Crippen LogP contribution in [0.4, 0.5) is 15.9 Å². The summed E-state index contributed by atoms with van der Waals surface area (Å²) in [5.41, 5.74) is 1.84. The molecular weight excluding hydrogens is 281 g/mol. The van der Waals surface area contributed by atoms with Crippen LogP contribution in [0, 0.1) is 19.7 Å². The number of benzene rings is 1. The summed E-state index contributed by atoms with van der Waals surface area (Å²) in [6, 6.07) is 4.88. The zero-order valence-electron chi connectivity index (χ0n) is 10.9. The molecule has 3 aromatic rings. The molecule has 0 aliphatic carbocycles. The van der Waals surface area contributed by atoms with Gasteiger partial charge in [-0.15, -0.1) is 0 Å². The molecule has 2 heterocycles. The Morgan fingerprint density at radius 1 is 1.30 bits per heavy atom. The summed E-state index contributed by atoms with van der Waals surface area (Å²) in [7, 11) is 0. The molecular formula is C13H11ClFN5. The highest BCUT2D eigenvalue weighted by Crippen LogP contribution is 2.28. The third kappa shape index (κ3) is 1.98. The molecule has 0 radical (unpaired) electrons. The van der Waals surface area contributed by atoms with Crippen LogP contribution in [0.2, 0.25) is 5.15 Å². The average molecular weight is 292 g/mol. The number of fused-ring (bicyclic) bond motifs is 1. The average Bonchev–Trinajstić information content (AvgIpc) is 2.85.